The second kappa shape index (κ2) is 5.22. The van der Waals surface area contributed by atoms with Crippen LogP contribution in [-0.2, 0) is 0 Å². The van der Waals surface area contributed by atoms with E-state index in [2.05, 4.69) is 25.5 Å². The van der Waals surface area contributed by atoms with Crippen molar-refractivity contribution in [3.8, 4) is 11.3 Å². The van der Waals surface area contributed by atoms with Gasteiger partial charge in [-0.2, -0.15) is 0 Å². The average molecular weight is 249 g/mol. The van der Waals surface area contributed by atoms with Crippen LogP contribution in [0.15, 0.2) is 61.1 Å². The van der Waals surface area contributed by atoms with E-state index in [0.717, 1.165) is 11.3 Å². The third-order valence-electron chi connectivity index (χ3n) is 2.55. The molecule has 1 N–H and O–H groups in total. The summed E-state index contributed by atoms with van der Waals surface area (Å²) in [5.41, 5.74) is 1.88. The molecule has 0 aliphatic carbocycles. The summed E-state index contributed by atoms with van der Waals surface area (Å²) in [5, 5.41) is 11.3. The number of nitrogens with zero attached hydrogens (tertiary/aromatic N) is 4. The Balaban J connectivity index is 1.80. The van der Waals surface area contributed by atoms with Crippen LogP contribution in [0.2, 0.25) is 0 Å². The summed E-state index contributed by atoms with van der Waals surface area (Å²) in [5.74, 6) is 1.28. The van der Waals surface area contributed by atoms with Gasteiger partial charge in [-0.25, -0.2) is 4.98 Å². The van der Waals surface area contributed by atoms with E-state index in [1.54, 1.807) is 18.6 Å². The number of hydrogen-bond acceptors (Lipinski definition) is 5. The predicted octanol–water partition coefficient (Wildman–Crippen LogP) is 2.68. The molecule has 2 aromatic heterocycles. The van der Waals surface area contributed by atoms with Crippen LogP contribution in [0.3, 0.4) is 0 Å². The molecule has 0 spiro atoms. The Morgan fingerprint density at radius 3 is 2.37 bits per heavy atom. The number of benzene rings is 1. The first kappa shape index (κ1) is 11.3. The van der Waals surface area contributed by atoms with Crippen molar-refractivity contribution in [2.75, 3.05) is 5.32 Å². The van der Waals surface area contributed by atoms with Crippen molar-refractivity contribution in [2.45, 2.75) is 0 Å². The van der Waals surface area contributed by atoms with Gasteiger partial charge in [-0.1, -0.05) is 30.3 Å². The minimum absolute atomic E-state index is 0.639. The van der Waals surface area contributed by atoms with Gasteiger partial charge in [0.25, 0.3) is 0 Å². The van der Waals surface area contributed by atoms with Crippen LogP contribution in [-0.4, -0.2) is 20.2 Å². The molecule has 0 fully saturated rings. The number of nitrogens with one attached hydrogen (secondary N) is 1. The van der Waals surface area contributed by atoms with Crippen LogP contribution in [0, 0.1) is 0 Å². The second-order valence-corrected chi connectivity index (χ2v) is 3.89. The van der Waals surface area contributed by atoms with Gasteiger partial charge in [-0.05, 0) is 12.1 Å². The molecule has 1 aromatic carbocycles. The number of hydrogen-bond donors (Lipinski definition) is 1. The maximum atomic E-state index is 4.18. The van der Waals surface area contributed by atoms with E-state index in [0.29, 0.717) is 11.6 Å². The third kappa shape index (κ3) is 2.71. The van der Waals surface area contributed by atoms with E-state index >= 15 is 0 Å². The first-order valence-corrected chi connectivity index (χ1v) is 5.84. The lowest BCUT2D eigenvalue weighted by Gasteiger charge is -2.04. The topological polar surface area (TPSA) is 63.6 Å². The van der Waals surface area contributed by atoms with Crippen molar-refractivity contribution < 1.29 is 0 Å². The smallest absolute Gasteiger partial charge is 0.154 e. The van der Waals surface area contributed by atoms with Crippen molar-refractivity contribution in [3.63, 3.8) is 0 Å². The maximum absolute atomic E-state index is 4.18. The van der Waals surface area contributed by atoms with E-state index < -0.39 is 0 Å². The quantitative estimate of drug-likeness (QED) is 0.773. The Kier molecular flexibility index (Phi) is 3.10. The summed E-state index contributed by atoms with van der Waals surface area (Å²) in [4.78, 5) is 8.09. The second-order valence-electron chi connectivity index (χ2n) is 3.89. The maximum Gasteiger partial charge on any atom is 0.154 e. The molecule has 3 aromatic rings. The van der Waals surface area contributed by atoms with Crippen LogP contribution in [0.1, 0.15) is 0 Å². The van der Waals surface area contributed by atoms with Crippen molar-refractivity contribution in [3.05, 3.63) is 61.1 Å². The van der Waals surface area contributed by atoms with E-state index in [4.69, 9.17) is 0 Å². The van der Waals surface area contributed by atoms with Crippen LogP contribution in [0.4, 0.5) is 11.6 Å². The van der Waals surface area contributed by atoms with Crippen molar-refractivity contribution in [1.29, 1.82) is 0 Å². The molecule has 92 valence electrons. The molecule has 5 heteroatoms. The number of rotatable bonds is 3. The molecule has 0 aliphatic rings. The fraction of sp³-hybridized carbons (Fsp3) is 0. The summed E-state index contributed by atoms with van der Waals surface area (Å²) in [7, 11) is 0. The highest BCUT2D eigenvalue weighted by Gasteiger charge is 2.01. The number of anilines is 2. The van der Waals surface area contributed by atoms with Gasteiger partial charge < -0.3 is 5.32 Å². The monoisotopic (exact) mass is 249 g/mol. The molecule has 0 unspecified atom stereocenters. The van der Waals surface area contributed by atoms with E-state index in [1.165, 1.54) is 0 Å². The van der Waals surface area contributed by atoms with Crippen molar-refractivity contribution in [2.24, 2.45) is 0 Å². The Bertz CT molecular complexity index is 638. The fourth-order valence-corrected chi connectivity index (χ4v) is 1.66. The standard InChI is InChI=1S/C14H11N5/c1-2-4-11(5-3-1)12-6-7-13(19-18-12)17-14-10-15-8-9-16-14/h1-10H,(H,16,17,19). The molecule has 0 amide bonds. The van der Waals surface area contributed by atoms with Gasteiger partial charge in [-0.3, -0.25) is 4.98 Å². The van der Waals surface area contributed by atoms with Crippen LogP contribution < -0.4 is 5.32 Å². The molecular formula is C14H11N5. The molecule has 0 bridgehead atoms. The third-order valence-corrected chi connectivity index (χ3v) is 2.55. The van der Waals surface area contributed by atoms with Gasteiger partial charge in [-0.15, -0.1) is 10.2 Å². The molecule has 0 saturated heterocycles. The Morgan fingerprint density at radius 1 is 0.789 bits per heavy atom. The SMILES string of the molecule is c1ccc(-c2ccc(Nc3cnccn3)nn2)cc1. The highest BCUT2D eigenvalue weighted by atomic mass is 15.2. The summed E-state index contributed by atoms with van der Waals surface area (Å²) < 4.78 is 0. The largest absolute Gasteiger partial charge is 0.322 e. The number of aromatic nitrogens is 4. The molecule has 2 heterocycles. The Hall–Kier alpha value is -2.82. The van der Waals surface area contributed by atoms with E-state index in [-0.39, 0.29) is 0 Å². The lowest BCUT2D eigenvalue weighted by molar-refractivity contribution is 1.04. The lowest BCUT2D eigenvalue weighted by atomic mass is 10.1. The zero-order valence-corrected chi connectivity index (χ0v) is 10.1. The van der Waals surface area contributed by atoms with Gasteiger partial charge in [0.05, 0.1) is 11.9 Å². The van der Waals surface area contributed by atoms with Gasteiger partial charge >= 0.3 is 0 Å². The first-order valence-electron chi connectivity index (χ1n) is 5.84. The van der Waals surface area contributed by atoms with E-state index in [9.17, 15) is 0 Å². The summed E-state index contributed by atoms with van der Waals surface area (Å²) >= 11 is 0. The average Bonchev–Trinajstić information content (AvgIpc) is 2.50. The van der Waals surface area contributed by atoms with Gasteiger partial charge in [0, 0.05) is 18.0 Å². The minimum Gasteiger partial charge on any atom is -0.322 e. The first-order chi connectivity index (χ1) is 9.42. The van der Waals surface area contributed by atoms with Gasteiger partial charge in [0.2, 0.25) is 0 Å². The molecule has 19 heavy (non-hydrogen) atoms. The summed E-state index contributed by atoms with van der Waals surface area (Å²) in [6.45, 7) is 0. The molecule has 0 saturated carbocycles. The molecule has 0 aliphatic heterocycles. The van der Waals surface area contributed by atoms with E-state index in [1.807, 2.05) is 42.5 Å². The van der Waals surface area contributed by atoms with Crippen LogP contribution >= 0.6 is 0 Å². The highest BCUT2D eigenvalue weighted by Crippen LogP contribution is 2.17. The molecule has 5 nitrogen and oxygen atoms in total. The van der Waals surface area contributed by atoms with Gasteiger partial charge in [0.15, 0.2) is 5.82 Å². The summed E-state index contributed by atoms with van der Waals surface area (Å²) in [6, 6.07) is 13.7. The van der Waals surface area contributed by atoms with Gasteiger partial charge in [0.1, 0.15) is 5.82 Å². The zero-order valence-electron chi connectivity index (χ0n) is 10.1. The lowest BCUT2D eigenvalue weighted by Crippen LogP contribution is -1.98. The molecule has 3 rings (SSSR count). The summed E-state index contributed by atoms with van der Waals surface area (Å²) in [6.07, 6.45) is 4.87. The normalized spacial score (nSPS) is 10.1. The Morgan fingerprint density at radius 2 is 1.68 bits per heavy atom. The van der Waals surface area contributed by atoms with Crippen LogP contribution in [0.25, 0.3) is 11.3 Å². The molecular weight excluding hydrogens is 238 g/mol. The molecule has 0 atom stereocenters. The van der Waals surface area contributed by atoms with Crippen LogP contribution in [0.5, 0.6) is 0 Å². The molecule has 0 radical (unpaired) electrons. The zero-order chi connectivity index (χ0) is 12.9. The van der Waals surface area contributed by atoms with Crippen molar-refractivity contribution in [1.82, 2.24) is 20.2 Å². The van der Waals surface area contributed by atoms with Crippen molar-refractivity contribution >= 4 is 11.6 Å². The predicted molar refractivity (Wildman–Crippen MR) is 72.8 cm³/mol. The minimum atomic E-state index is 0.639. The Labute approximate surface area is 110 Å². The fourth-order valence-electron chi connectivity index (χ4n) is 1.66. The highest BCUT2D eigenvalue weighted by molar-refractivity contribution is 5.60.